The van der Waals surface area contributed by atoms with Gasteiger partial charge in [-0.15, -0.1) is 0 Å². The second-order valence-corrected chi connectivity index (χ2v) is 6.60. The highest BCUT2D eigenvalue weighted by molar-refractivity contribution is 5.40. The summed E-state index contributed by atoms with van der Waals surface area (Å²) in [6, 6.07) is 0. The van der Waals surface area contributed by atoms with Gasteiger partial charge < -0.3 is 10.3 Å². The lowest BCUT2D eigenvalue weighted by Crippen LogP contribution is -2.06. The topological polar surface area (TPSA) is 43.8 Å². The largest absolute Gasteiger partial charge is 0.384 e. The molecule has 1 heterocycles. The molecule has 3 heteroatoms. The van der Waals surface area contributed by atoms with Gasteiger partial charge >= 0.3 is 0 Å². The van der Waals surface area contributed by atoms with Crippen LogP contribution in [-0.4, -0.2) is 9.55 Å². The van der Waals surface area contributed by atoms with Crippen molar-refractivity contribution in [3.05, 3.63) is 11.5 Å². The summed E-state index contributed by atoms with van der Waals surface area (Å²) in [7, 11) is 0. The summed E-state index contributed by atoms with van der Waals surface area (Å²) in [4.78, 5) is 4.88. The van der Waals surface area contributed by atoms with Crippen molar-refractivity contribution in [2.75, 3.05) is 5.73 Å². The molecule has 1 saturated carbocycles. The summed E-state index contributed by atoms with van der Waals surface area (Å²) in [5.41, 5.74) is 7.50. The standard InChI is InChI=1S/C18H33N3/c1-3-5-6-7-8-9-10-11-16-17(19)21(14-4-2)18(20-16)15-12-13-15/h15H,3-14,19H2,1-2H3. The molecule has 0 bridgehead atoms. The highest BCUT2D eigenvalue weighted by Crippen LogP contribution is 2.41. The molecule has 3 nitrogen and oxygen atoms in total. The van der Waals surface area contributed by atoms with Crippen molar-refractivity contribution in [2.45, 2.75) is 96.9 Å². The van der Waals surface area contributed by atoms with Crippen LogP contribution in [0.25, 0.3) is 0 Å². The summed E-state index contributed by atoms with van der Waals surface area (Å²) in [5, 5.41) is 0. The molecule has 0 atom stereocenters. The van der Waals surface area contributed by atoms with Crippen LogP contribution >= 0.6 is 0 Å². The van der Waals surface area contributed by atoms with Crippen LogP contribution in [0.3, 0.4) is 0 Å². The highest BCUT2D eigenvalue weighted by atomic mass is 15.1. The van der Waals surface area contributed by atoms with Gasteiger partial charge in [-0.1, -0.05) is 52.4 Å². The van der Waals surface area contributed by atoms with Crippen LogP contribution in [0.15, 0.2) is 0 Å². The number of aryl methyl sites for hydroxylation is 1. The number of nitrogen functional groups attached to an aromatic ring is 1. The maximum atomic E-state index is 6.34. The predicted octanol–water partition coefficient (Wildman–Crippen LogP) is 5.05. The van der Waals surface area contributed by atoms with Crippen LogP contribution in [0.5, 0.6) is 0 Å². The smallest absolute Gasteiger partial charge is 0.126 e. The van der Waals surface area contributed by atoms with E-state index in [4.69, 9.17) is 10.7 Å². The molecule has 1 aliphatic carbocycles. The third kappa shape index (κ3) is 4.76. The van der Waals surface area contributed by atoms with Crippen molar-refractivity contribution in [1.82, 2.24) is 9.55 Å². The lowest BCUT2D eigenvalue weighted by molar-refractivity contribution is 0.587. The fourth-order valence-corrected chi connectivity index (χ4v) is 3.08. The number of nitrogens with two attached hydrogens (primary N) is 1. The van der Waals surface area contributed by atoms with Gasteiger partial charge in [-0.25, -0.2) is 4.98 Å². The fraction of sp³-hybridized carbons (Fsp3) is 0.833. The quantitative estimate of drug-likeness (QED) is 0.580. The fourth-order valence-electron chi connectivity index (χ4n) is 3.08. The first kappa shape index (κ1) is 16.4. The Labute approximate surface area is 130 Å². The molecule has 2 N–H and O–H groups in total. The Morgan fingerprint density at radius 2 is 1.67 bits per heavy atom. The number of aromatic nitrogens is 2. The first-order chi connectivity index (χ1) is 10.3. The third-order valence-corrected chi connectivity index (χ3v) is 4.52. The van der Waals surface area contributed by atoms with Crippen molar-refractivity contribution in [1.29, 1.82) is 0 Å². The van der Waals surface area contributed by atoms with E-state index < -0.39 is 0 Å². The van der Waals surface area contributed by atoms with Crippen molar-refractivity contribution in [3.8, 4) is 0 Å². The average molecular weight is 291 g/mol. The number of anilines is 1. The van der Waals surface area contributed by atoms with Gasteiger partial charge in [-0.2, -0.15) is 0 Å². The van der Waals surface area contributed by atoms with Gasteiger partial charge in [0, 0.05) is 12.5 Å². The Kier molecular flexibility index (Phi) is 6.59. The van der Waals surface area contributed by atoms with Crippen molar-refractivity contribution < 1.29 is 0 Å². The first-order valence-corrected chi connectivity index (χ1v) is 9.12. The molecule has 1 aromatic heterocycles. The second-order valence-electron chi connectivity index (χ2n) is 6.60. The molecule has 0 aromatic carbocycles. The van der Waals surface area contributed by atoms with E-state index in [1.165, 1.54) is 69.3 Å². The number of imidazole rings is 1. The number of rotatable bonds is 11. The Morgan fingerprint density at radius 3 is 2.29 bits per heavy atom. The first-order valence-electron chi connectivity index (χ1n) is 9.12. The normalized spacial score (nSPS) is 14.8. The van der Waals surface area contributed by atoms with E-state index in [1.807, 2.05) is 0 Å². The van der Waals surface area contributed by atoms with E-state index in [2.05, 4.69) is 18.4 Å². The van der Waals surface area contributed by atoms with Crippen molar-refractivity contribution >= 4 is 5.82 Å². The van der Waals surface area contributed by atoms with Crippen LogP contribution in [0.1, 0.15) is 95.5 Å². The molecule has 21 heavy (non-hydrogen) atoms. The molecule has 1 aliphatic rings. The summed E-state index contributed by atoms with van der Waals surface area (Å²) in [6.45, 7) is 5.51. The maximum absolute atomic E-state index is 6.34. The van der Waals surface area contributed by atoms with E-state index in [9.17, 15) is 0 Å². The van der Waals surface area contributed by atoms with E-state index in [1.54, 1.807) is 0 Å². The van der Waals surface area contributed by atoms with E-state index >= 15 is 0 Å². The van der Waals surface area contributed by atoms with Gasteiger partial charge in [0.05, 0.1) is 5.69 Å². The average Bonchev–Trinajstić information content (AvgIpc) is 3.27. The third-order valence-electron chi connectivity index (χ3n) is 4.52. The molecule has 0 spiro atoms. The predicted molar refractivity (Wildman–Crippen MR) is 90.6 cm³/mol. The zero-order valence-corrected chi connectivity index (χ0v) is 14.0. The van der Waals surface area contributed by atoms with Gasteiger partial charge in [0.1, 0.15) is 11.6 Å². The minimum absolute atomic E-state index is 0.696. The van der Waals surface area contributed by atoms with Crippen LogP contribution < -0.4 is 5.73 Å². The number of hydrogen-bond donors (Lipinski definition) is 1. The lowest BCUT2D eigenvalue weighted by Gasteiger charge is -2.07. The molecule has 2 rings (SSSR count). The Balaban J connectivity index is 1.78. The molecular weight excluding hydrogens is 258 g/mol. The van der Waals surface area contributed by atoms with Gasteiger partial charge in [0.15, 0.2) is 0 Å². The summed E-state index contributed by atoms with van der Waals surface area (Å²) in [6.07, 6.45) is 14.2. The van der Waals surface area contributed by atoms with Gasteiger partial charge in [-0.05, 0) is 32.1 Å². The minimum atomic E-state index is 0.696. The van der Waals surface area contributed by atoms with Crippen molar-refractivity contribution in [2.24, 2.45) is 0 Å². The maximum Gasteiger partial charge on any atom is 0.126 e. The highest BCUT2D eigenvalue weighted by Gasteiger charge is 2.30. The molecule has 0 saturated heterocycles. The van der Waals surface area contributed by atoms with E-state index in [-0.39, 0.29) is 0 Å². The monoisotopic (exact) mass is 291 g/mol. The molecule has 0 radical (unpaired) electrons. The lowest BCUT2D eigenvalue weighted by atomic mass is 10.1. The molecule has 0 amide bonds. The Hall–Kier alpha value is -0.990. The molecule has 0 aliphatic heterocycles. The van der Waals surface area contributed by atoms with Gasteiger partial charge in [0.2, 0.25) is 0 Å². The summed E-state index contributed by atoms with van der Waals surface area (Å²) in [5.74, 6) is 2.92. The number of unbranched alkanes of at least 4 members (excludes halogenated alkanes) is 6. The zero-order chi connectivity index (χ0) is 15.1. The van der Waals surface area contributed by atoms with Crippen LogP contribution in [-0.2, 0) is 13.0 Å². The van der Waals surface area contributed by atoms with Gasteiger partial charge in [0.25, 0.3) is 0 Å². The van der Waals surface area contributed by atoms with Crippen LogP contribution in [0, 0.1) is 0 Å². The minimum Gasteiger partial charge on any atom is -0.384 e. The molecular formula is C18H33N3. The van der Waals surface area contributed by atoms with Crippen LogP contribution in [0.4, 0.5) is 5.82 Å². The van der Waals surface area contributed by atoms with Gasteiger partial charge in [-0.3, -0.25) is 0 Å². The number of nitrogens with zero attached hydrogens (tertiary/aromatic N) is 2. The second kappa shape index (κ2) is 8.45. The molecule has 1 fully saturated rings. The van der Waals surface area contributed by atoms with E-state index in [0.717, 1.165) is 25.2 Å². The van der Waals surface area contributed by atoms with Crippen LogP contribution in [0.2, 0.25) is 0 Å². The SMILES string of the molecule is CCCCCCCCCc1nc(C2CC2)n(CCC)c1N. The molecule has 1 aromatic rings. The molecule has 120 valence electrons. The Bertz CT molecular complexity index is 418. The molecule has 0 unspecified atom stereocenters. The number of hydrogen-bond acceptors (Lipinski definition) is 2. The summed E-state index contributed by atoms with van der Waals surface area (Å²) >= 11 is 0. The summed E-state index contributed by atoms with van der Waals surface area (Å²) < 4.78 is 2.29. The Morgan fingerprint density at radius 1 is 1.00 bits per heavy atom. The zero-order valence-electron chi connectivity index (χ0n) is 14.0. The van der Waals surface area contributed by atoms with E-state index in [0.29, 0.717) is 5.92 Å². The van der Waals surface area contributed by atoms with Crippen molar-refractivity contribution in [3.63, 3.8) is 0 Å².